The van der Waals surface area contributed by atoms with Gasteiger partial charge < -0.3 is 0 Å². The minimum atomic E-state index is 0.526. The van der Waals surface area contributed by atoms with Crippen molar-refractivity contribution >= 4 is 16.3 Å². The van der Waals surface area contributed by atoms with E-state index >= 15 is 0 Å². The van der Waals surface area contributed by atoms with E-state index in [-0.39, 0.29) is 0 Å². The number of aromatic nitrogens is 1. The van der Waals surface area contributed by atoms with E-state index in [1.54, 1.807) is 0 Å². The molecule has 22 heavy (non-hydrogen) atoms. The molecule has 0 saturated heterocycles. The van der Waals surface area contributed by atoms with E-state index in [0.29, 0.717) is 5.92 Å². The Labute approximate surface area is 133 Å². The van der Waals surface area contributed by atoms with Gasteiger partial charge in [0.15, 0.2) is 0 Å². The van der Waals surface area contributed by atoms with E-state index in [9.17, 15) is 0 Å². The predicted molar refractivity (Wildman–Crippen MR) is 95.6 cm³/mol. The lowest BCUT2D eigenvalue weighted by Gasteiger charge is -2.25. The van der Waals surface area contributed by atoms with E-state index in [1.165, 1.54) is 27.5 Å². The summed E-state index contributed by atoms with van der Waals surface area (Å²) in [6.07, 6.45) is 10.9. The summed E-state index contributed by atoms with van der Waals surface area (Å²) in [7, 11) is 0. The van der Waals surface area contributed by atoms with Gasteiger partial charge in [-0.2, -0.15) is 0 Å². The van der Waals surface area contributed by atoms with Crippen molar-refractivity contribution in [3.8, 4) is 0 Å². The van der Waals surface area contributed by atoms with Crippen LogP contribution in [0.3, 0.4) is 0 Å². The molecule has 0 spiro atoms. The molecule has 1 aliphatic carbocycles. The van der Waals surface area contributed by atoms with Crippen molar-refractivity contribution in [2.24, 2.45) is 5.92 Å². The van der Waals surface area contributed by atoms with Gasteiger partial charge in [0.1, 0.15) is 0 Å². The second-order valence-electron chi connectivity index (χ2n) is 6.15. The number of allylic oxidation sites excluding steroid dienone is 6. The zero-order valence-corrected chi connectivity index (χ0v) is 13.6. The lowest BCUT2D eigenvalue weighted by atomic mass is 9.80. The van der Waals surface area contributed by atoms with Crippen LogP contribution in [0.25, 0.3) is 16.3 Å². The van der Waals surface area contributed by atoms with Gasteiger partial charge in [0, 0.05) is 11.6 Å². The maximum Gasteiger partial charge on any atom is 0.0743 e. The molecule has 0 amide bonds. The zero-order valence-electron chi connectivity index (χ0n) is 13.6. The fourth-order valence-corrected chi connectivity index (χ4v) is 3.24. The van der Waals surface area contributed by atoms with Crippen LogP contribution >= 0.6 is 0 Å². The highest BCUT2D eigenvalue weighted by molar-refractivity contribution is 5.93. The smallest absolute Gasteiger partial charge is 0.0743 e. The fraction of sp³-hybridized carbons (Fsp3) is 0.286. The first-order chi connectivity index (χ1) is 10.7. The normalized spacial score (nSPS) is 19.0. The third kappa shape index (κ3) is 2.76. The molecule has 1 aliphatic rings. The van der Waals surface area contributed by atoms with E-state index in [4.69, 9.17) is 4.98 Å². The molecular formula is C21H23N. The molecule has 1 aromatic carbocycles. The molecule has 2 aromatic rings. The highest BCUT2D eigenvalue weighted by Gasteiger charge is 2.22. The third-order valence-corrected chi connectivity index (χ3v) is 4.64. The Morgan fingerprint density at radius 1 is 1.18 bits per heavy atom. The van der Waals surface area contributed by atoms with Crippen molar-refractivity contribution in [1.82, 2.24) is 4.98 Å². The Kier molecular flexibility index (Phi) is 4.24. The van der Waals surface area contributed by atoms with Gasteiger partial charge in [-0.05, 0) is 56.6 Å². The molecule has 0 saturated carbocycles. The van der Waals surface area contributed by atoms with Crippen LogP contribution in [0.5, 0.6) is 0 Å². The number of hydrogen-bond donors (Lipinski definition) is 0. The summed E-state index contributed by atoms with van der Waals surface area (Å²) in [5.41, 5.74) is 5.43. The highest BCUT2D eigenvalue weighted by Crippen LogP contribution is 2.38. The largest absolute Gasteiger partial charge is 0.256 e. The topological polar surface area (TPSA) is 12.9 Å². The number of pyridine rings is 1. The minimum Gasteiger partial charge on any atom is -0.256 e. The number of benzene rings is 1. The van der Waals surface area contributed by atoms with Gasteiger partial charge in [0.2, 0.25) is 0 Å². The van der Waals surface area contributed by atoms with Gasteiger partial charge in [-0.1, -0.05) is 53.6 Å². The molecule has 0 radical (unpaired) electrons. The Hall–Kier alpha value is -2.15. The third-order valence-electron chi connectivity index (χ3n) is 4.64. The Morgan fingerprint density at radius 3 is 2.82 bits per heavy atom. The molecule has 1 heteroatoms. The standard InChI is InChI=1S/C21H23N/c1-4-5-8-18-13-15(2)16(3)14-20(18)21-19-10-7-6-9-17(19)11-12-22-21/h4-7,9-12,14,18H,8,13H2,1-3H3. The number of rotatable bonds is 3. The Bertz CT molecular complexity index is 772. The average Bonchev–Trinajstić information content (AvgIpc) is 2.55. The monoisotopic (exact) mass is 289 g/mol. The van der Waals surface area contributed by atoms with Crippen LogP contribution < -0.4 is 0 Å². The van der Waals surface area contributed by atoms with Crippen molar-refractivity contribution in [3.63, 3.8) is 0 Å². The summed E-state index contributed by atoms with van der Waals surface area (Å²) in [6, 6.07) is 10.6. The SMILES string of the molecule is CC=CCC1CC(C)=C(C)C=C1c1nccc2ccccc12. The summed E-state index contributed by atoms with van der Waals surface area (Å²) >= 11 is 0. The molecule has 0 fully saturated rings. The quantitative estimate of drug-likeness (QED) is 0.637. The van der Waals surface area contributed by atoms with Gasteiger partial charge in [-0.25, -0.2) is 0 Å². The van der Waals surface area contributed by atoms with Crippen LogP contribution in [0.4, 0.5) is 0 Å². The summed E-state index contributed by atoms with van der Waals surface area (Å²) in [5.74, 6) is 0.526. The minimum absolute atomic E-state index is 0.526. The van der Waals surface area contributed by atoms with Crippen LogP contribution in [-0.4, -0.2) is 4.98 Å². The maximum absolute atomic E-state index is 4.73. The Balaban J connectivity index is 2.14. The molecular weight excluding hydrogens is 266 g/mol. The first-order valence-corrected chi connectivity index (χ1v) is 8.04. The molecule has 112 valence electrons. The van der Waals surface area contributed by atoms with Crippen LogP contribution in [-0.2, 0) is 0 Å². The molecule has 1 aromatic heterocycles. The van der Waals surface area contributed by atoms with E-state index in [0.717, 1.165) is 18.5 Å². The summed E-state index contributed by atoms with van der Waals surface area (Å²) in [6.45, 7) is 6.56. The van der Waals surface area contributed by atoms with Crippen molar-refractivity contribution in [2.75, 3.05) is 0 Å². The number of fused-ring (bicyclic) bond motifs is 1. The van der Waals surface area contributed by atoms with Gasteiger partial charge >= 0.3 is 0 Å². The van der Waals surface area contributed by atoms with Crippen molar-refractivity contribution in [1.29, 1.82) is 0 Å². The first kappa shape index (κ1) is 14.8. The van der Waals surface area contributed by atoms with Crippen molar-refractivity contribution in [2.45, 2.75) is 33.6 Å². The van der Waals surface area contributed by atoms with Crippen molar-refractivity contribution < 1.29 is 0 Å². The average molecular weight is 289 g/mol. The lowest BCUT2D eigenvalue weighted by molar-refractivity contribution is 0.658. The molecule has 0 aliphatic heterocycles. The fourth-order valence-electron chi connectivity index (χ4n) is 3.24. The van der Waals surface area contributed by atoms with E-state index < -0.39 is 0 Å². The van der Waals surface area contributed by atoms with Crippen LogP contribution in [0.15, 0.2) is 65.9 Å². The first-order valence-electron chi connectivity index (χ1n) is 8.04. The second kappa shape index (κ2) is 6.31. The summed E-state index contributed by atoms with van der Waals surface area (Å²) in [4.78, 5) is 4.73. The summed E-state index contributed by atoms with van der Waals surface area (Å²) < 4.78 is 0. The van der Waals surface area contributed by atoms with Crippen molar-refractivity contribution in [3.05, 3.63) is 71.6 Å². The predicted octanol–water partition coefficient (Wildman–Crippen LogP) is 5.94. The summed E-state index contributed by atoms with van der Waals surface area (Å²) in [5, 5.41) is 2.52. The molecule has 3 rings (SSSR count). The molecule has 1 atom stereocenters. The zero-order chi connectivity index (χ0) is 15.5. The van der Waals surface area contributed by atoms with Gasteiger partial charge in [0.05, 0.1) is 5.69 Å². The van der Waals surface area contributed by atoms with Crippen LogP contribution in [0.2, 0.25) is 0 Å². The van der Waals surface area contributed by atoms with Gasteiger partial charge in [-0.3, -0.25) is 4.98 Å². The molecule has 1 heterocycles. The van der Waals surface area contributed by atoms with E-state index in [1.807, 2.05) is 6.20 Å². The van der Waals surface area contributed by atoms with Crippen LogP contribution in [0.1, 0.15) is 39.3 Å². The maximum atomic E-state index is 4.73. The highest BCUT2D eigenvalue weighted by atomic mass is 14.7. The van der Waals surface area contributed by atoms with E-state index in [2.05, 4.69) is 69.3 Å². The van der Waals surface area contributed by atoms with Gasteiger partial charge in [-0.15, -0.1) is 0 Å². The molecule has 1 nitrogen and oxygen atoms in total. The van der Waals surface area contributed by atoms with Crippen LogP contribution in [0, 0.1) is 5.92 Å². The number of nitrogens with zero attached hydrogens (tertiary/aromatic N) is 1. The molecule has 1 unspecified atom stereocenters. The van der Waals surface area contributed by atoms with Gasteiger partial charge in [0.25, 0.3) is 0 Å². The molecule has 0 N–H and O–H groups in total. The lowest BCUT2D eigenvalue weighted by Crippen LogP contribution is -2.10. The second-order valence-corrected chi connectivity index (χ2v) is 6.15. The molecule has 0 bridgehead atoms. The Morgan fingerprint density at radius 2 is 2.00 bits per heavy atom. The number of hydrogen-bond acceptors (Lipinski definition) is 1.